The lowest BCUT2D eigenvalue weighted by Crippen LogP contribution is -2.24. The number of hydrogen-bond donors (Lipinski definition) is 1. The zero-order valence-electron chi connectivity index (χ0n) is 15.2. The van der Waals surface area contributed by atoms with Gasteiger partial charge in [-0.3, -0.25) is 4.79 Å². The number of thiazole rings is 1. The Balaban J connectivity index is 1.80. The predicted molar refractivity (Wildman–Crippen MR) is 103 cm³/mol. The molecule has 0 spiro atoms. The van der Waals surface area contributed by atoms with Crippen LogP contribution in [0.3, 0.4) is 0 Å². The Morgan fingerprint density at radius 3 is 2.88 bits per heavy atom. The molecule has 1 N–H and O–H groups in total. The highest BCUT2D eigenvalue weighted by molar-refractivity contribution is 7.13. The van der Waals surface area contributed by atoms with E-state index in [1.807, 2.05) is 41.3 Å². The number of carbonyl (C=O) groups is 1. The number of nitrogens with zero attached hydrogens (tertiary/aromatic N) is 3. The van der Waals surface area contributed by atoms with Crippen molar-refractivity contribution in [3.63, 3.8) is 0 Å². The summed E-state index contributed by atoms with van der Waals surface area (Å²) in [4.78, 5) is 21.2. The van der Waals surface area contributed by atoms with Gasteiger partial charge in [0.15, 0.2) is 0 Å². The van der Waals surface area contributed by atoms with Gasteiger partial charge in [0.25, 0.3) is 5.91 Å². The highest BCUT2D eigenvalue weighted by Crippen LogP contribution is 2.27. The quantitative estimate of drug-likeness (QED) is 0.642. The number of amides is 1. The Bertz CT molecular complexity index is 883. The number of aromatic nitrogens is 3. The SMILES string of the molecule is CCCCNC(=O)c1ccn(-c2csc(-c3ccc(OC)nc3)n2)c1C. The first kappa shape index (κ1) is 18.1. The summed E-state index contributed by atoms with van der Waals surface area (Å²) < 4.78 is 7.02. The lowest BCUT2D eigenvalue weighted by Gasteiger charge is -2.06. The first-order valence-electron chi connectivity index (χ1n) is 8.56. The molecule has 0 saturated carbocycles. The van der Waals surface area contributed by atoms with Gasteiger partial charge in [0.1, 0.15) is 10.8 Å². The molecule has 0 fully saturated rings. The lowest BCUT2D eigenvalue weighted by molar-refractivity contribution is 0.0952. The van der Waals surface area contributed by atoms with Crippen molar-refractivity contribution in [2.24, 2.45) is 0 Å². The molecule has 0 unspecified atom stereocenters. The van der Waals surface area contributed by atoms with Gasteiger partial charge in [-0.05, 0) is 25.5 Å². The number of pyridine rings is 1. The van der Waals surface area contributed by atoms with Crippen LogP contribution in [0.2, 0.25) is 0 Å². The van der Waals surface area contributed by atoms with Crippen LogP contribution in [-0.4, -0.2) is 34.1 Å². The topological polar surface area (TPSA) is 69.0 Å². The van der Waals surface area contributed by atoms with Crippen LogP contribution >= 0.6 is 11.3 Å². The van der Waals surface area contributed by atoms with Gasteiger partial charge < -0.3 is 14.6 Å². The van der Waals surface area contributed by atoms with Crippen LogP contribution in [0.25, 0.3) is 16.4 Å². The molecule has 0 atom stereocenters. The summed E-state index contributed by atoms with van der Waals surface area (Å²) in [7, 11) is 1.59. The van der Waals surface area contributed by atoms with Gasteiger partial charge >= 0.3 is 0 Å². The summed E-state index contributed by atoms with van der Waals surface area (Å²) in [6.45, 7) is 4.74. The van der Waals surface area contributed by atoms with E-state index in [0.29, 0.717) is 18.0 Å². The Kier molecular flexibility index (Phi) is 5.68. The van der Waals surface area contributed by atoms with E-state index in [2.05, 4.69) is 22.2 Å². The van der Waals surface area contributed by atoms with E-state index in [4.69, 9.17) is 4.74 Å². The maximum Gasteiger partial charge on any atom is 0.253 e. The first-order valence-corrected chi connectivity index (χ1v) is 9.44. The van der Waals surface area contributed by atoms with Gasteiger partial charge in [-0.15, -0.1) is 11.3 Å². The number of nitrogens with one attached hydrogen (secondary N) is 1. The second-order valence-corrected chi connectivity index (χ2v) is 6.75. The third-order valence-electron chi connectivity index (χ3n) is 4.13. The molecule has 6 nitrogen and oxygen atoms in total. The molecule has 0 saturated heterocycles. The van der Waals surface area contributed by atoms with Crippen LogP contribution < -0.4 is 10.1 Å². The molecule has 0 aliphatic carbocycles. The monoisotopic (exact) mass is 370 g/mol. The van der Waals surface area contributed by atoms with Crippen LogP contribution in [0.15, 0.2) is 36.0 Å². The Morgan fingerprint density at radius 2 is 2.19 bits per heavy atom. The molecular weight excluding hydrogens is 348 g/mol. The third-order valence-corrected chi connectivity index (χ3v) is 5.01. The van der Waals surface area contributed by atoms with Crippen LogP contribution in [0, 0.1) is 6.92 Å². The summed E-state index contributed by atoms with van der Waals surface area (Å²) in [6, 6.07) is 5.59. The molecule has 0 radical (unpaired) electrons. The number of methoxy groups -OCH3 is 1. The zero-order valence-corrected chi connectivity index (χ0v) is 16.0. The number of ether oxygens (including phenoxy) is 1. The number of unbranched alkanes of at least 4 members (excludes halogenated alkanes) is 1. The van der Waals surface area contributed by atoms with Crippen molar-refractivity contribution in [3.05, 3.63) is 47.2 Å². The molecule has 3 aromatic heterocycles. The molecule has 0 aliphatic rings. The van der Waals surface area contributed by atoms with Crippen molar-refractivity contribution in [2.75, 3.05) is 13.7 Å². The molecule has 3 aromatic rings. The highest BCUT2D eigenvalue weighted by atomic mass is 32.1. The summed E-state index contributed by atoms with van der Waals surface area (Å²) in [5.74, 6) is 1.33. The number of rotatable bonds is 7. The summed E-state index contributed by atoms with van der Waals surface area (Å²) in [5, 5.41) is 5.81. The van der Waals surface area contributed by atoms with E-state index in [0.717, 1.165) is 34.9 Å². The molecule has 136 valence electrons. The second kappa shape index (κ2) is 8.14. The number of carbonyl (C=O) groups excluding carboxylic acids is 1. The van der Waals surface area contributed by atoms with E-state index in [1.54, 1.807) is 24.6 Å². The summed E-state index contributed by atoms with van der Waals surface area (Å²) in [5.41, 5.74) is 2.50. The maximum atomic E-state index is 12.3. The largest absolute Gasteiger partial charge is 0.481 e. The molecular formula is C19H22N4O2S. The van der Waals surface area contributed by atoms with Gasteiger partial charge in [0.2, 0.25) is 5.88 Å². The fourth-order valence-electron chi connectivity index (χ4n) is 2.61. The van der Waals surface area contributed by atoms with Crippen LogP contribution in [-0.2, 0) is 0 Å². The average molecular weight is 370 g/mol. The van der Waals surface area contributed by atoms with Crippen LogP contribution in [0.5, 0.6) is 5.88 Å². The molecule has 3 rings (SSSR count). The van der Waals surface area contributed by atoms with E-state index in [1.165, 1.54) is 0 Å². The molecule has 26 heavy (non-hydrogen) atoms. The molecule has 0 bridgehead atoms. The van der Waals surface area contributed by atoms with Gasteiger partial charge in [0, 0.05) is 41.6 Å². The van der Waals surface area contributed by atoms with Crippen molar-refractivity contribution >= 4 is 17.2 Å². The normalized spacial score (nSPS) is 10.7. The van der Waals surface area contributed by atoms with E-state index in [9.17, 15) is 4.79 Å². The van der Waals surface area contributed by atoms with Gasteiger partial charge in [-0.2, -0.15) is 0 Å². The Morgan fingerprint density at radius 1 is 1.35 bits per heavy atom. The molecule has 1 amide bonds. The fraction of sp³-hybridized carbons (Fsp3) is 0.316. The smallest absolute Gasteiger partial charge is 0.253 e. The van der Waals surface area contributed by atoms with E-state index >= 15 is 0 Å². The van der Waals surface area contributed by atoms with Crippen LogP contribution in [0.4, 0.5) is 0 Å². The second-order valence-electron chi connectivity index (χ2n) is 5.89. The molecule has 3 heterocycles. The van der Waals surface area contributed by atoms with Crippen molar-refractivity contribution in [1.29, 1.82) is 0 Å². The van der Waals surface area contributed by atoms with Crippen molar-refractivity contribution in [3.8, 4) is 22.3 Å². The molecule has 0 aromatic carbocycles. The first-order chi connectivity index (χ1) is 12.6. The van der Waals surface area contributed by atoms with Gasteiger partial charge in [-0.1, -0.05) is 13.3 Å². The van der Waals surface area contributed by atoms with E-state index in [-0.39, 0.29) is 5.91 Å². The lowest BCUT2D eigenvalue weighted by atomic mass is 10.2. The number of hydrogen-bond acceptors (Lipinski definition) is 5. The van der Waals surface area contributed by atoms with Crippen LogP contribution in [0.1, 0.15) is 35.8 Å². The standard InChI is InChI=1S/C19H22N4O2S/c1-4-5-9-20-18(24)15-8-10-23(13(15)2)16-12-26-19(22-16)14-6-7-17(25-3)21-11-14/h6-8,10-12H,4-5,9H2,1-3H3,(H,20,24). The Labute approximate surface area is 156 Å². The minimum atomic E-state index is -0.0375. The maximum absolute atomic E-state index is 12.3. The minimum absolute atomic E-state index is 0.0375. The highest BCUT2D eigenvalue weighted by Gasteiger charge is 2.15. The third kappa shape index (κ3) is 3.77. The fourth-order valence-corrected chi connectivity index (χ4v) is 3.40. The van der Waals surface area contributed by atoms with Gasteiger partial charge in [0.05, 0.1) is 12.7 Å². The minimum Gasteiger partial charge on any atom is -0.481 e. The summed E-state index contributed by atoms with van der Waals surface area (Å²) in [6.07, 6.45) is 5.67. The Hall–Kier alpha value is -2.67. The van der Waals surface area contributed by atoms with Crippen molar-refractivity contribution in [2.45, 2.75) is 26.7 Å². The molecule has 7 heteroatoms. The van der Waals surface area contributed by atoms with Crippen molar-refractivity contribution < 1.29 is 9.53 Å². The van der Waals surface area contributed by atoms with Crippen molar-refractivity contribution in [1.82, 2.24) is 19.9 Å². The predicted octanol–water partition coefficient (Wildman–Crippen LogP) is 3.84. The van der Waals surface area contributed by atoms with E-state index < -0.39 is 0 Å². The zero-order chi connectivity index (χ0) is 18.5. The summed E-state index contributed by atoms with van der Waals surface area (Å²) >= 11 is 1.54. The van der Waals surface area contributed by atoms with Gasteiger partial charge in [-0.25, -0.2) is 9.97 Å². The molecule has 0 aliphatic heterocycles. The average Bonchev–Trinajstić information content (AvgIpc) is 3.28.